The third-order valence-corrected chi connectivity index (χ3v) is 5.66. The quantitative estimate of drug-likeness (QED) is 0.546. The lowest BCUT2D eigenvalue weighted by Crippen LogP contribution is -2.12. The Morgan fingerprint density at radius 2 is 2.07 bits per heavy atom. The maximum atomic E-state index is 12.9. The number of aromatic amines is 1. The van der Waals surface area contributed by atoms with E-state index in [4.69, 9.17) is 4.98 Å². The molecule has 29 heavy (non-hydrogen) atoms. The van der Waals surface area contributed by atoms with Crippen molar-refractivity contribution in [2.24, 2.45) is 0 Å². The number of carbonyl (C=O) groups excluding carboxylic acids is 1. The summed E-state index contributed by atoms with van der Waals surface area (Å²) in [6, 6.07) is 11.6. The molecule has 0 bridgehead atoms. The normalized spacial score (nSPS) is 14.5. The van der Waals surface area contributed by atoms with Gasteiger partial charge in [-0.1, -0.05) is 31.0 Å². The number of rotatable bonds is 4. The van der Waals surface area contributed by atoms with Crippen LogP contribution in [-0.4, -0.2) is 30.7 Å². The molecule has 0 radical (unpaired) electrons. The van der Waals surface area contributed by atoms with E-state index in [1.54, 1.807) is 10.7 Å². The van der Waals surface area contributed by atoms with Crippen molar-refractivity contribution in [2.75, 3.05) is 5.32 Å². The molecule has 7 nitrogen and oxygen atoms in total. The average Bonchev–Trinajstić information content (AvgIpc) is 3.49. The van der Waals surface area contributed by atoms with E-state index in [-0.39, 0.29) is 5.91 Å². The van der Waals surface area contributed by atoms with Crippen molar-refractivity contribution in [3.8, 4) is 11.4 Å². The molecule has 5 rings (SSSR count). The summed E-state index contributed by atoms with van der Waals surface area (Å²) in [4.78, 5) is 17.6. The standard InChI is InChI=1S/C22H22N6O/c1-14-9-10-16(21-25-20(26-27-21)15-6-2-3-7-15)12-18(14)24-22(29)17-13-23-28-11-5-4-8-19(17)28/h4-5,8-13,15H,2-3,6-7H2,1H3,(H,24,29)(H,25,26,27). The summed E-state index contributed by atoms with van der Waals surface area (Å²) >= 11 is 0. The zero-order chi connectivity index (χ0) is 19.8. The number of nitrogens with one attached hydrogen (secondary N) is 2. The number of amides is 1. The SMILES string of the molecule is Cc1ccc(-c2n[nH]c(C3CCCC3)n2)cc1NC(=O)c1cnn2ccccc12. The molecule has 0 atom stereocenters. The van der Waals surface area contributed by atoms with E-state index in [9.17, 15) is 4.79 Å². The number of fused-ring (bicyclic) bond motifs is 1. The number of hydrogen-bond acceptors (Lipinski definition) is 4. The Hall–Kier alpha value is -3.48. The zero-order valence-corrected chi connectivity index (χ0v) is 16.2. The second kappa shape index (κ2) is 7.16. The highest BCUT2D eigenvalue weighted by Crippen LogP contribution is 2.33. The van der Waals surface area contributed by atoms with E-state index in [2.05, 4.69) is 20.6 Å². The van der Waals surface area contributed by atoms with E-state index >= 15 is 0 Å². The van der Waals surface area contributed by atoms with Crippen molar-refractivity contribution in [2.45, 2.75) is 38.5 Å². The fraction of sp³-hybridized carbons (Fsp3) is 0.273. The Bertz CT molecular complexity index is 1180. The second-order valence-electron chi connectivity index (χ2n) is 7.60. The van der Waals surface area contributed by atoms with Gasteiger partial charge in [0.1, 0.15) is 5.82 Å². The van der Waals surface area contributed by atoms with Crippen LogP contribution in [0, 0.1) is 6.92 Å². The average molecular weight is 386 g/mol. The minimum Gasteiger partial charge on any atom is -0.322 e. The molecule has 0 saturated heterocycles. The summed E-state index contributed by atoms with van der Waals surface area (Å²) in [5, 5.41) is 14.8. The van der Waals surface area contributed by atoms with Gasteiger partial charge in [-0.15, -0.1) is 0 Å². The Kier molecular flexibility index (Phi) is 4.35. The molecular formula is C22H22N6O. The van der Waals surface area contributed by atoms with E-state index < -0.39 is 0 Å². The summed E-state index contributed by atoms with van der Waals surface area (Å²) in [5.41, 5.74) is 3.91. The first kappa shape index (κ1) is 17.6. The molecule has 1 aliphatic rings. The fourth-order valence-corrected chi connectivity index (χ4v) is 3.98. The lowest BCUT2D eigenvalue weighted by Gasteiger charge is -2.09. The summed E-state index contributed by atoms with van der Waals surface area (Å²) in [5.74, 6) is 1.93. The molecule has 1 saturated carbocycles. The van der Waals surface area contributed by atoms with Crippen LogP contribution in [0.15, 0.2) is 48.8 Å². The molecule has 1 aromatic carbocycles. The van der Waals surface area contributed by atoms with Crippen LogP contribution in [-0.2, 0) is 0 Å². The van der Waals surface area contributed by atoms with Crippen LogP contribution in [0.2, 0.25) is 0 Å². The summed E-state index contributed by atoms with van der Waals surface area (Å²) in [6.07, 6.45) is 8.26. The van der Waals surface area contributed by atoms with Crippen LogP contribution < -0.4 is 5.32 Å². The van der Waals surface area contributed by atoms with Gasteiger partial charge in [0.25, 0.3) is 5.91 Å². The van der Waals surface area contributed by atoms with E-state index in [0.29, 0.717) is 17.3 Å². The predicted molar refractivity (Wildman–Crippen MR) is 111 cm³/mol. The highest BCUT2D eigenvalue weighted by Gasteiger charge is 2.21. The van der Waals surface area contributed by atoms with Crippen molar-refractivity contribution in [1.82, 2.24) is 24.8 Å². The molecule has 1 amide bonds. The Labute approximate surface area is 168 Å². The first-order valence-corrected chi connectivity index (χ1v) is 9.96. The van der Waals surface area contributed by atoms with Crippen LogP contribution in [0.3, 0.4) is 0 Å². The third-order valence-electron chi connectivity index (χ3n) is 5.66. The van der Waals surface area contributed by atoms with E-state index in [1.165, 1.54) is 25.7 Å². The molecule has 2 N–H and O–H groups in total. The molecule has 7 heteroatoms. The third kappa shape index (κ3) is 3.29. The molecule has 146 valence electrons. The van der Waals surface area contributed by atoms with Gasteiger partial charge in [0.05, 0.1) is 17.3 Å². The van der Waals surface area contributed by atoms with Gasteiger partial charge >= 0.3 is 0 Å². The van der Waals surface area contributed by atoms with Gasteiger partial charge in [0.15, 0.2) is 5.82 Å². The highest BCUT2D eigenvalue weighted by molar-refractivity contribution is 6.09. The molecule has 1 fully saturated rings. The fourth-order valence-electron chi connectivity index (χ4n) is 3.98. The van der Waals surface area contributed by atoms with Crippen molar-refractivity contribution >= 4 is 17.1 Å². The van der Waals surface area contributed by atoms with Crippen molar-refractivity contribution in [1.29, 1.82) is 0 Å². The minimum atomic E-state index is -0.187. The van der Waals surface area contributed by atoms with Crippen LogP contribution in [0.1, 0.15) is 53.3 Å². The molecule has 0 spiro atoms. The minimum absolute atomic E-state index is 0.187. The molecular weight excluding hydrogens is 364 g/mol. The van der Waals surface area contributed by atoms with Gasteiger partial charge in [0, 0.05) is 23.4 Å². The first-order valence-electron chi connectivity index (χ1n) is 9.96. The van der Waals surface area contributed by atoms with Crippen LogP contribution in [0.4, 0.5) is 5.69 Å². The molecule has 0 aliphatic heterocycles. The summed E-state index contributed by atoms with van der Waals surface area (Å²) < 4.78 is 1.69. The molecule has 3 aromatic heterocycles. The van der Waals surface area contributed by atoms with Gasteiger partial charge in [-0.25, -0.2) is 9.50 Å². The largest absolute Gasteiger partial charge is 0.322 e. The second-order valence-corrected chi connectivity index (χ2v) is 7.60. The number of nitrogens with zero attached hydrogens (tertiary/aromatic N) is 4. The predicted octanol–water partition coefficient (Wildman–Crippen LogP) is 4.34. The summed E-state index contributed by atoms with van der Waals surface area (Å²) in [6.45, 7) is 1.97. The number of benzene rings is 1. The Morgan fingerprint density at radius 1 is 1.21 bits per heavy atom. The Morgan fingerprint density at radius 3 is 2.93 bits per heavy atom. The van der Waals surface area contributed by atoms with Gasteiger partial charge in [-0.2, -0.15) is 10.2 Å². The number of hydrogen-bond donors (Lipinski definition) is 2. The number of aryl methyl sites for hydroxylation is 1. The molecule has 0 unspecified atom stereocenters. The molecule has 4 aromatic rings. The van der Waals surface area contributed by atoms with Crippen molar-refractivity contribution in [3.63, 3.8) is 0 Å². The maximum Gasteiger partial charge on any atom is 0.259 e. The van der Waals surface area contributed by atoms with Crippen molar-refractivity contribution < 1.29 is 4.79 Å². The van der Waals surface area contributed by atoms with Gasteiger partial charge in [0.2, 0.25) is 0 Å². The van der Waals surface area contributed by atoms with Gasteiger partial charge < -0.3 is 5.32 Å². The van der Waals surface area contributed by atoms with Crippen LogP contribution in [0.5, 0.6) is 0 Å². The van der Waals surface area contributed by atoms with Crippen molar-refractivity contribution in [3.05, 3.63) is 65.7 Å². The van der Waals surface area contributed by atoms with Crippen LogP contribution >= 0.6 is 0 Å². The van der Waals surface area contributed by atoms with E-state index in [0.717, 1.165) is 28.2 Å². The van der Waals surface area contributed by atoms with Crippen LogP contribution in [0.25, 0.3) is 16.9 Å². The van der Waals surface area contributed by atoms with Gasteiger partial charge in [-0.3, -0.25) is 9.89 Å². The number of H-pyrrole nitrogens is 1. The van der Waals surface area contributed by atoms with Gasteiger partial charge in [-0.05, 0) is 43.5 Å². The number of anilines is 1. The molecule has 1 aliphatic carbocycles. The number of aromatic nitrogens is 5. The maximum absolute atomic E-state index is 12.9. The zero-order valence-electron chi connectivity index (χ0n) is 16.2. The smallest absolute Gasteiger partial charge is 0.259 e. The highest BCUT2D eigenvalue weighted by atomic mass is 16.1. The lowest BCUT2D eigenvalue weighted by atomic mass is 10.1. The molecule has 3 heterocycles. The topological polar surface area (TPSA) is 88.0 Å². The first-order chi connectivity index (χ1) is 14.2. The lowest BCUT2D eigenvalue weighted by molar-refractivity contribution is 0.102. The summed E-state index contributed by atoms with van der Waals surface area (Å²) in [7, 11) is 0. The Balaban J connectivity index is 1.41. The number of pyridine rings is 1. The van der Waals surface area contributed by atoms with E-state index in [1.807, 2.05) is 49.5 Å². The monoisotopic (exact) mass is 386 g/mol. The number of carbonyl (C=O) groups is 1.